The zero-order valence-corrected chi connectivity index (χ0v) is 21.7. The van der Waals surface area contributed by atoms with Gasteiger partial charge in [-0.25, -0.2) is 9.59 Å². The second-order valence-electron chi connectivity index (χ2n) is 9.20. The van der Waals surface area contributed by atoms with Crippen LogP contribution >= 0.6 is 0 Å². The highest BCUT2D eigenvalue weighted by Crippen LogP contribution is 2.21. The van der Waals surface area contributed by atoms with Crippen molar-refractivity contribution in [2.75, 3.05) is 13.1 Å². The third-order valence-electron chi connectivity index (χ3n) is 5.80. The molecule has 11 nitrogen and oxygen atoms in total. The first kappa shape index (κ1) is 33.2. The number of hydrogen-bond donors (Lipinski definition) is 4. The number of aromatic nitrogens is 4. The first-order valence-corrected chi connectivity index (χ1v) is 12.0. The summed E-state index contributed by atoms with van der Waals surface area (Å²) in [6.45, 7) is 5.96. The molecule has 0 spiro atoms. The number of aryl methyl sites for hydroxylation is 1. The fourth-order valence-electron chi connectivity index (χ4n) is 3.95. The monoisotopic (exact) mass is 594 g/mol. The van der Waals surface area contributed by atoms with Gasteiger partial charge >= 0.3 is 24.3 Å². The summed E-state index contributed by atoms with van der Waals surface area (Å²) in [5, 5.41) is 23.6. The maximum absolute atomic E-state index is 12.5. The molecule has 226 valence electrons. The van der Waals surface area contributed by atoms with Crippen molar-refractivity contribution in [3.8, 4) is 0 Å². The second kappa shape index (κ2) is 14.1. The summed E-state index contributed by atoms with van der Waals surface area (Å²) in [7, 11) is 0. The molecule has 5 N–H and O–H groups in total. The van der Waals surface area contributed by atoms with E-state index in [0.717, 1.165) is 53.8 Å². The van der Waals surface area contributed by atoms with Crippen molar-refractivity contribution < 1.29 is 46.1 Å². The van der Waals surface area contributed by atoms with E-state index in [-0.39, 0.29) is 5.56 Å². The molecular formula is C24H28F6N6O5. The summed E-state index contributed by atoms with van der Waals surface area (Å²) < 4.78 is 65.4. The highest BCUT2D eigenvalue weighted by Gasteiger charge is 2.38. The molecule has 1 aromatic carbocycles. The van der Waals surface area contributed by atoms with Gasteiger partial charge < -0.3 is 20.9 Å². The van der Waals surface area contributed by atoms with E-state index in [4.69, 9.17) is 25.5 Å². The number of carbonyl (C=O) groups is 2. The number of hydrogen-bond acceptors (Lipinski definition) is 7. The van der Waals surface area contributed by atoms with E-state index in [0.29, 0.717) is 19.0 Å². The van der Waals surface area contributed by atoms with Crippen LogP contribution in [0.5, 0.6) is 0 Å². The number of aromatic amines is 1. The predicted molar refractivity (Wildman–Crippen MR) is 133 cm³/mol. The number of piperidine rings is 1. The zero-order chi connectivity index (χ0) is 31.0. The lowest BCUT2D eigenvalue weighted by atomic mass is 9.97. The highest BCUT2D eigenvalue weighted by atomic mass is 19.4. The average molecular weight is 595 g/mol. The smallest absolute Gasteiger partial charge is 0.475 e. The Kier molecular flexibility index (Phi) is 11.4. The number of aliphatic carboxylic acids is 2. The van der Waals surface area contributed by atoms with Crippen molar-refractivity contribution in [1.29, 1.82) is 0 Å². The minimum atomic E-state index is -5.08. The number of nitrogens with zero attached hydrogens (tertiary/aromatic N) is 4. The van der Waals surface area contributed by atoms with Crippen molar-refractivity contribution in [2.45, 2.75) is 51.8 Å². The third-order valence-corrected chi connectivity index (χ3v) is 5.80. The molecule has 3 heterocycles. The van der Waals surface area contributed by atoms with Crippen LogP contribution < -0.4 is 11.3 Å². The summed E-state index contributed by atoms with van der Waals surface area (Å²) in [6, 6.07) is 8.20. The molecule has 0 saturated carbocycles. The number of halogens is 6. The zero-order valence-electron chi connectivity index (χ0n) is 21.7. The standard InChI is InChI=1S/C20H26N6O.2C2HF3O2/c1-14-4-5-16-8-17(20(27)22-19(16)7-14)12-25-6-2-3-15(10-25)11-26-13-18(9-21)23-24-26;2*3-2(4,5)1(6)7/h4-5,7-8,13,15H,2-3,6,9-12,21H2,1H3,(H,22,27);2*(H,6,7). The number of carboxylic acid groups (broad SMARTS) is 2. The summed E-state index contributed by atoms with van der Waals surface area (Å²) in [5.41, 5.74) is 9.33. The fraction of sp³-hybridized carbons (Fsp3) is 0.458. The van der Waals surface area contributed by atoms with E-state index in [2.05, 4.69) is 32.3 Å². The van der Waals surface area contributed by atoms with Crippen molar-refractivity contribution in [2.24, 2.45) is 11.7 Å². The maximum atomic E-state index is 12.5. The van der Waals surface area contributed by atoms with E-state index < -0.39 is 24.3 Å². The van der Waals surface area contributed by atoms with Gasteiger partial charge in [0.25, 0.3) is 5.56 Å². The third kappa shape index (κ3) is 10.8. The topological polar surface area (TPSA) is 167 Å². The number of nitrogens with two attached hydrogens (primary N) is 1. The number of likely N-dealkylation sites (tertiary alicyclic amines) is 1. The number of H-pyrrole nitrogens is 1. The molecule has 0 amide bonds. The Bertz CT molecular complexity index is 1360. The molecule has 1 atom stereocenters. The van der Waals surface area contributed by atoms with Gasteiger partial charge in [0, 0.05) is 43.5 Å². The van der Waals surface area contributed by atoms with Gasteiger partial charge in [-0.05, 0) is 55.3 Å². The molecule has 0 bridgehead atoms. The second-order valence-corrected chi connectivity index (χ2v) is 9.20. The minimum Gasteiger partial charge on any atom is -0.475 e. The SMILES string of the molecule is Cc1ccc2cc(CN3CCCC(Cn4cc(CN)nn4)C3)c(=O)[nH]c2c1.O=C(O)C(F)(F)F.O=C(O)C(F)(F)F. The Morgan fingerprint density at radius 3 is 2.24 bits per heavy atom. The van der Waals surface area contributed by atoms with Crippen LogP contribution in [0, 0.1) is 12.8 Å². The van der Waals surface area contributed by atoms with E-state index in [1.165, 1.54) is 6.42 Å². The Morgan fingerprint density at radius 1 is 1.10 bits per heavy atom. The summed E-state index contributed by atoms with van der Waals surface area (Å²) >= 11 is 0. The summed E-state index contributed by atoms with van der Waals surface area (Å²) in [4.78, 5) is 35.7. The van der Waals surface area contributed by atoms with Crippen LogP contribution in [-0.2, 0) is 29.2 Å². The largest absolute Gasteiger partial charge is 0.490 e. The van der Waals surface area contributed by atoms with Gasteiger partial charge in [-0.1, -0.05) is 17.3 Å². The molecule has 0 radical (unpaired) electrons. The molecule has 1 saturated heterocycles. The first-order chi connectivity index (χ1) is 19.0. The molecule has 1 fully saturated rings. The maximum Gasteiger partial charge on any atom is 0.490 e. The molecule has 4 rings (SSSR count). The molecule has 1 aliphatic rings. The van der Waals surface area contributed by atoms with Crippen molar-refractivity contribution in [3.05, 3.63) is 57.6 Å². The number of alkyl halides is 6. The number of rotatable bonds is 5. The van der Waals surface area contributed by atoms with Gasteiger partial charge in [-0.3, -0.25) is 14.4 Å². The number of benzene rings is 1. The Labute approximate surface area is 228 Å². The predicted octanol–water partition coefficient (Wildman–Crippen LogP) is 3.07. The van der Waals surface area contributed by atoms with Gasteiger partial charge in [0.1, 0.15) is 0 Å². The number of carboxylic acids is 2. The van der Waals surface area contributed by atoms with E-state index in [1.54, 1.807) is 0 Å². The van der Waals surface area contributed by atoms with Crippen LogP contribution in [0.3, 0.4) is 0 Å². The number of nitrogens with one attached hydrogen (secondary N) is 1. The lowest BCUT2D eigenvalue weighted by Gasteiger charge is -2.32. The summed E-state index contributed by atoms with van der Waals surface area (Å²) in [5.74, 6) is -5.01. The molecule has 0 aliphatic carbocycles. The van der Waals surface area contributed by atoms with E-state index in [1.807, 2.05) is 29.9 Å². The molecular weight excluding hydrogens is 566 g/mol. The van der Waals surface area contributed by atoms with Crippen molar-refractivity contribution in [1.82, 2.24) is 24.9 Å². The average Bonchev–Trinajstić information content (AvgIpc) is 3.32. The molecule has 41 heavy (non-hydrogen) atoms. The molecule has 1 aliphatic heterocycles. The van der Waals surface area contributed by atoms with E-state index in [9.17, 15) is 31.1 Å². The lowest BCUT2D eigenvalue weighted by Crippen LogP contribution is -2.37. The van der Waals surface area contributed by atoms with Crippen LogP contribution in [0.25, 0.3) is 10.9 Å². The fourth-order valence-corrected chi connectivity index (χ4v) is 3.95. The quantitative estimate of drug-likeness (QED) is 0.325. The normalized spacial score (nSPS) is 15.9. The van der Waals surface area contributed by atoms with Gasteiger partial charge in [-0.15, -0.1) is 5.10 Å². The van der Waals surface area contributed by atoms with Gasteiger partial charge in [0.05, 0.1) is 5.69 Å². The van der Waals surface area contributed by atoms with Gasteiger partial charge in [0.15, 0.2) is 0 Å². The molecule has 3 aromatic rings. The molecule has 2 aromatic heterocycles. The Hall–Kier alpha value is -3.99. The Balaban J connectivity index is 0.000000349. The van der Waals surface area contributed by atoms with Crippen LogP contribution in [0.2, 0.25) is 0 Å². The van der Waals surface area contributed by atoms with Gasteiger partial charge in [-0.2, -0.15) is 26.3 Å². The first-order valence-electron chi connectivity index (χ1n) is 12.0. The lowest BCUT2D eigenvalue weighted by molar-refractivity contribution is -0.193. The highest BCUT2D eigenvalue weighted by molar-refractivity contribution is 5.79. The number of fused-ring (bicyclic) bond motifs is 1. The van der Waals surface area contributed by atoms with Crippen molar-refractivity contribution >= 4 is 22.8 Å². The summed E-state index contributed by atoms with van der Waals surface area (Å²) in [6.07, 6.45) is -5.94. The Morgan fingerprint density at radius 2 is 1.71 bits per heavy atom. The minimum absolute atomic E-state index is 0.0130. The number of pyridine rings is 1. The van der Waals surface area contributed by atoms with Crippen LogP contribution in [0.15, 0.2) is 35.3 Å². The van der Waals surface area contributed by atoms with Gasteiger partial charge in [0.2, 0.25) is 0 Å². The van der Waals surface area contributed by atoms with Crippen LogP contribution in [-0.4, -0.2) is 72.5 Å². The molecule has 1 unspecified atom stereocenters. The van der Waals surface area contributed by atoms with Crippen molar-refractivity contribution in [3.63, 3.8) is 0 Å². The molecule has 17 heteroatoms. The van der Waals surface area contributed by atoms with E-state index >= 15 is 0 Å². The van der Waals surface area contributed by atoms with Crippen LogP contribution in [0.1, 0.15) is 29.7 Å². The van der Waals surface area contributed by atoms with Crippen LogP contribution in [0.4, 0.5) is 26.3 Å².